The van der Waals surface area contributed by atoms with Gasteiger partial charge in [-0.25, -0.2) is 8.78 Å². The van der Waals surface area contributed by atoms with Gasteiger partial charge in [-0.1, -0.05) is 54.6 Å². The van der Waals surface area contributed by atoms with Gasteiger partial charge in [-0.3, -0.25) is 9.59 Å². The third-order valence-corrected chi connectivity index (χ3v) is 6.61. The van der Waals surface area contributed by atoms with Crippen LogP contribution in [0.3, 0.4) is 0 Å². The van der Waals surface area contributed by atoms with Gasteiger partial charge in [-0.15, -0.1) is 0 Å². The molecule has 4 aromatic rings. The Morgan fingerprint density at radius 1 is 0.800 bits per heavy atom. The molecule has 0 bridgehead atoms. The van der Waals surface area contributed by atoms with Crippen molar-refractivity contribution in [1.82, 2.24) is 14.4 Å². The lowest BCUT2D eigenvalue weighted by atomic mass is 10.1. The Labute approximate surface area is 233 Å². The maximum absolute atomic E-state index is 14.5. The van der Waals surface area contributed by atoms with Gasteiger partial charge >= 0.3 is 0 Å². The Hall–Kier alpha value is -4.30. The second kappa shape index (κ2) is 14.2. The molecule has 6 nitrogen and oxygen atoms in total. The number of ether oxygens (including phenoxy) is 1. The number of hydrogen-bond acceptors (Lipinski definition) is 3. The molecule has 0 fully saturated rings. The number of carbonyl (C=O) groups excluding carboxylic acids is 2. The second-order valence-corrected chi connectivity index (χ2v) is 9.54. The number of rotatable bonds is 13. The first kappa shape index (κ1) is 28.7. The number of methoxy groups -OCH3 is 1. The Morgan fingerprint density at radius 2 is 1.52 bits per heavy atom. The molecule has 0 radical (unpaired) electrons. The Bertz CT molecular complexity index is 1390. The number of benzene rings is 3. The van der Waals surface area contributed by atoms with Gasteiger partial charge in [0.1, 0.15) is 18.2 Å². The van der Waals surface area contributed by atoms with Crippen molar-refractivity contribution in [1.29, 1.82) is 0 Å². The summed E-state index contributed by atoms with van der Waals surface area (Å²) >= 11 is 0. The summed E-state index contributed by atoms with van der Waals surface area (Å²) in [6, 6.07) is 25.6. The maximum atomic E-state index is 14.5. The largest absolute Gasteiger partial charge is 0.385 e. The lowest BCUT2D eigenvalue weighted by Gasteiger charge is -2.28. The molecule has 0 aliphatic carbocycles. The summed E-state index contributed by atoms with van der Waals surface area (Å²) in [5.74, 6) is -1.73. The van der Waals surface area contributed by atoms with Crippen LogP contribution in [0, 0.1) is 11.6 Å². The fraction of sp³-hybridized carbons (Fsp3) is 0.250. The highest BCUT2D eigenvalue weighted by atomic mass is 19.1. The van der Waals surface area contributed by atoms with Crippen LogP contribution in [0.25, 0.3) is 0 Å². The van der Waals surface area contributed by atoms with E-state index in [1.165, 1.54) is 35.2 Å². The van der Waals surface area contributed by atoms with E-state index >= 15 is 0 Å². The van der Waals surface area contributed by atoms with Crippen LogP contribution in [-0.4, -0.2) is 53.0 Å². The van der Waals surface area contributed by atoms with Gasteiger partial charge in [-0.2, -0.15) is 0 Å². The molecule has 0 saturated carbocycles. The van der Waals surface area contributed by atoms with Crippen molar-refractivity contribution in [2.24, 2.45) is 0 Å². The summed E-state index contributed by atoms with van der Waals surface area (Å²) < 4.78 is 35.0. The summed E-state index contributed by atoms with van der Waals surface area (Å²) in [6.45, 7) is 1.59. The topological polar surface area (TPSA) is 54.8 Å². The predicted octanol–water partition coefficient (Wildman–Crippen LogP) is 5.52. The van der Waals surface area contributed by atoms with E-state index in [4.69, 9.17) is 4.74 Å². The zero-order chi connectivity index (χ0) is 28.3. The first-order valence-electron chi connectivity index (χ1n) is 13.2. The van der Waals surface area contributed by atoms with Crippen molar-refractivity contribution >= 4 is 11.8 Å². The minimum Gasteiger partial charge on any atom is -0.385 e. The molecule has 40 heavy (non-hydrogen) atoms. The molecule has 0 N–H and O–H groups in total. The number of halogens is 2. The summed E-state index contributed by atoms with van der Waals surface area (Å²) in [4.78, 5) is 30.2. The van der Waals surface area contributed by atoms with Crippen LogP contribution >= 0.6 is 0 Å². The molecule has 0 unspecified atom stereocenters. The van der Waals surface area contributed by atoms with Crippen molar-refractivity contribution in [3.8, 4) is 0 Å². The van der Waals surface area contributed by atoms with Gasteiger partial charge in [0.25, 0.3) is 5.91 Å². The minimum absolute atomic E-state index is 0.0736. The molecule has 2 amide bonds. The van der Waals surface area contributed by atoms with Crippen molar-refractivity contribution in [2.45, 2.75) is 26.1 Å². The molecule has 0 aliphatic rings. The quantitative estimate of drug-likeness (QED) is 0.208. The van der Waals surface area contributed by atoms with E-state index in [-0.39, 0.29) is 30.4 Å². The molecule has 1 aromatic heterocycles. The van der Waals surface area contributed by atoms with Crippen LogP contribution in [0.4, 0.5) is 8.78 Å². The standard InChI is InChI=1S/C32H33F2N3O3/c1-40-20-8-19-36(32(39)29-12-5-6-13-30(29)34)24-31(38)37(22-25-9-3-2-4-10-25)23-28-11-7-18-35(28)21-26-14-16-27(33)17-15-26/h2-7,9-18H,8,19-24H2,1H3. The van der Waals surface area contributed by atoms with Crippen LogP contribution in [0.2, 0.25) is 0 Å². The van der Waals surface area contributed by atoms with Gasteiger partial charge in [0.15, 0.2) is 0 Å². The number of aromatic nitrogens is 1. The highest BCUT2D eigenvalue weighted by molar-refractivity contribution is 5.96. The zero-order valence-corrected chi connectivity index (χ0v) is 22.5. The number of amides is 2. The molecule has 1 heterocycles. The summed E-state index contributed by atoms with van der Waals surface area (Å²) in [5, 5.41) is 0. The summed E-state index contributed by atoms with van der Waals surface area (Å²) in [6.07, 6.45) is 2.42. The van der Waals surface area contributed by atoms with Gasteiger partial charge in [-0.05, 0) is 53.9 Å². The Balaban J connectivity index is 1.57. The SMILES string of the molecule is COCCCN(CC(=O)N(Cc1ccccc1)Cc1cccn1Cc1ccc(F)cc1)C(=O)c1ccccc1F. The average Bonchev–Trinajstić information content (AvgIpc) is 3.40. The third kappa shape index (κ3) is 7.86. The molecular weight excluding hydrogens is 512 g/mol. The van der Waals surface area contributed by atoms with Crippen LogP contribution in [0.5, 0.6) is 0 Å². The molecule has 0 aliphatic heterocycles. The van der Waals surface area contributed by atoms with Gasteiger partial charge in [0.2, 0.25) is 5.91 Å². The van der Waals surface area contributed by atoms with Gasteiger partial charge < -0.3 is 19.1 Å². The molecule has 208 valence electrons. The molecular formula is C32H33F2N3O3. The summed E-state index contributed by atoms with van der Waals surface area (Å²) in [5.41, 5.74) is 2.69. The van der Waals surface area contributed by atoms with Crippen molar-refractivity contribution in [3.05, 3.63) is 131 Å². The summed E-state index contributed by atoms with van der Waals surface area (Å²) in [7, 11) is 1.57. The second-order valence-electron chi connectivity index (χ2n) is 9.54. The lowest BCUT2D eigenvalue weighted by Crippen LogP contribution is -2.43. The maximum Gasteiger partial charge on any atom is 0.257 e. The third-order valence-electron chi connectivity index (χ3n) is 6.61. The van der Waals surface area contributed by atoms with Crippen LogP contribution < -0.4 is 0 Å². The van der Waals surface area contributed by atoms with Crippen molar-refractivity contribution in [3.63, 3.8) is 0 Å². The monoisotopic (exact) mass is 545 g/mol. The highest BCUT2D eigenvalue weighted by Crippen LogP contribution is 2.16. The molecule has 0 spiro atoms. The van der Waals surface area contributed by atoms with Gasteiger partial charge in [0, 0.05) is 45.2 Å². The van der Waals surface area contributed by atoms with Crippen molar-refractivity contribution < 1.29 is 23.1 Å². The first-order valence-corrected chi connectivity index (χ1v) is 13.2. The van der Waals surface area contributed by atoms with Crippen LogP contribution in [-0.2, 0) is 29.2 Å². The predicted molar refractivity (Wildman–Crippen MR) is 149 cm³/mol. The lowest BCUT2D eigenvalue weighted by molar-refractivity contribution is -0.133. The smallest absolute Gasteiger partial charge is 0.257 e. The van der Waals surface area contributed by atoms with E-state index in [0.717, 1.165) is 16.8 Å². The number of hydrogen-bond donors (Lipinski definition) is 0. The van der Waals surface area contributed by atoms with Crippen molar-refractivity contribution in [2.75, 3.05) is 26.8 Å². The highest BCUT2D eigenvalue weighted by Gasteiger charge is 2.25. The molecule has 4 rings (SSSR count). The van der Waals surface area contributed by atoms with E-state index in [1.54, 1.807) is 30.2 Å². The van der Waals surface area contributed by atoms with E-state index in [2.05, 4.69) is 0 Å². The van der Waals surface area contributed by atoms with E-state index < -0.39 is 11.7 Å². The van der Waals surface area contributed by atoms with E-state index in [9.17, 15) is 18.4 Å². The van der Waals surface area contributed by atoms with E-state index in [1.807, 2.05) is 53.2 Å². The van der Waals surface area contributed by atoms with Crippen LogP contribution in [0.1, 0.15) is 33.6 Å². The van der Waals surface area contributed by atoms with Crippen LogP contribution in [0.15, 0.2) is 97.2 Å². The normalized spacial score (nSPS) is 10.9. The molecule has 8 heteroatoms. The molecule has 0 atom stereocenters. The fourth-order valence-electron chi connectivity index (χ4n) is 4.49. The Morgan fingerprint density at radius 3 is 2.25 bits per heavy atom. The van der Waals surface area contributed by atoms with E-state index in [0.29, 0.717) is 32.7 Å². The minimum atomic E-state index is -0.628. The zero-order valence-electron chi connectivity index (χ0n) is 22.5. The Kier molecular flexibility index (Phi) is 10.2. The average molecular weight is 546 g/mol. The number of carbonyl (C=O) groups is 2. The number of nitrogens with zero attached hydrogens (tertiary/aromatic N) is 3. The molecule has 0 saturated heterocycles. The first-order chi connectivity index (χ1) is 19.4. The van der Waals surface area contributed by atoms with Gasteiger partial charge in [0.05, 0.1) is 12.1 Å². The molecule has 3 aromatic carbocycles. The fourth-order valence-corrected chi connectivity index (χ4v) is 4.49.